The van der Waals surface area contributed by atoms with Crippen LogP contribution in [-0.2, 0) is 10.1 Å². The molecule has 0 aliphatic rings. The molecule has 90 valence electrons. The Kier molecular flexibility index (Phi) is 5.86. The van der Waals surface area contributed by atoms with Gasteiger partial charge in [0.25, 0.3) is 6.04 Å². The molecule has 0 heterocycles. The van der Waals surface area contributed by atoms with Gasteiger partial charge in [-0.05, 0) is 19.1 Å². The van der Waals surface area contributed by atoms with E-state index in [-0.39, 0.29) is 4.90 Å². The summed E-state index contributed by atoms with van der Waals surface area (Å²) in [5.74, 6) is 0. The Hall–Kier alpha value is -1.93. The summed E-state index contributed by atoms with van der Waals surface area (Å²) in [5.41, 5.74) is 4.08. The van der Waals surface area contributed by atoms with E-state index >= 15 is 0 Å². The third-order valence-electron chi connectivity index (χ3n) is 1.62. The molecule has 3 N–H and O–H groups in total. The molecule has 0 amide bonds. The number of rotatable bonds is 1. The third-order valence-corrected chi connectivity index (χ3v) is 2.47. The smallest absolute Gasteiger partial charge is 0.258 e. The molecule has 1 rings (SSSR count). The van der Waals surface area contributed by atoms with Gasteiger partial charge in [-0.25, -0.2) is 8.42 Å². The average Bonchev–Trinajstić information content (AvgIpc) is 2.28. The van der Waals surface area contributed by atoms with Crippen LogP contribution < -0.4 is 5.73 Å². The van der Waals surface area contributed by atoms with Crippen molar-refractivity contribution in [1.82, 2.24) is 0 Å². The minimum absolute atomic E-state index is 0.178. The van der Waals surface area contributed by atoms with Gasteiger partial charge in [0, 0.05) is 0 Å². The van der Waals surface area contributed by atoms with E-state index < -0.39 is 16.2 Å². The van der Waals surface area contributed by atoms with Crippen molar-refractivity contribution in [3.8, 4) is 12.1 Å². The molecule has 0 fully saturated rings. The monoisotopic (exact) mass is 253 g/mol. The van der Waals surface area contributed by atoms with Crippen LogP contribution in [0.15, 0.2) is 29.2 Å². The van der Waals surface area contributed by atoms with Gasteiger partial charge >= 0.3 is 0 Å². The van der Waals surface area contributed by atoms with Crippen LogP contribution >= 0.6 is 0 Å². The highest BCUT2D eigenvalue weighted by Crippen LogP contribution is 2.08. The third kappa shape index (κ3) is 6.28. The summed E-state index contributed by atoms with van der Waals surface area (Å²) in [7, 11) is -4.27. The van der Waals surface area contributed by atoms with E-state index in [2.05, 4.69) is 5.73 Å². The molecule has 17 heavy (non-hydrogen) atoms. The Morgan fingerprint density at radius 2 is 1.65 bits per heavy atom. The number of hydrogen-bond acceptors (Lipinski definition) is 5. The predicted molar refractivity (Wildman–Crippen MR) is 57.0 cm³/mol. The summed E-state index contributed by atoms with van der Waals surface area (Å²) in [4.78, 5) is -0.178. The fourth-order valence-corrected chi connectivity index (χ4v) is 1.20. The lowest BCUT2D eigenvalue weighted by Crippen LogP contribution is -2.59. The first-order chi connectivity index (χ1) is 7.81. The Labute approximate surface area is 99.7 Å². The lowest BCUT2D eigenvalue weighted by molar-refractivity contribution is -0.381. The maximum absolute atomic E-state index is 10.4. The molecule has 0 atom stereocenters. The fourth-order valence-electron chi connectivity index (χ4n) is 0.734. The minimum Gasteiger partial charge on any atom is -0.744 e. The topological polar surface area (TPSA) is 132 Å². The molecule has 0 aliphatic heterocycles. The van der Waals surface area contributed by atoms with Gasteiger partial charge in [-0.1, -0.05) is 17.7 Å². The van der Waals surface area contributed by atoms with Gasteiger partial charge < -0.3 is 10.3 Å². The van der Waals surface area contributed by atoms with Crippen LogP contribution in [0.4, 0.5) is 0 Å². The molecule has 0 aromatic heterocycles. The molecule has 0 radical (unpaired) electrons. The second kappa shape index (κ2) is 6.61. The van der Waals surface area contributed by atoms with Crippen LogP contribution in [0.2, 0.25) is 0 Å². The van der Waals surface area contributed by atoms with E-state index in [1.165, 1.54) is 12.1 Å². The van der Waals surface area contributed by atoms with Crippen LogP contribution in [0.25, 0.3) is 0 Å². The lowest BCUT2D eigenvalue weighted by atomic mass is 10.2. The Balaban J connectivity index is 0.000000366. The Morgan fingerprint density at radius 3 is 1.88 bits per heavy atom. The highest BCUT2D eigenvalue weighted by atomic mass is 32.2. The zero-order valence-electron chi connectivity index (χ0n) is 9.12. The molecular formula is C10H11N3O3S. The molecule has 0 saturated heterocycles. The van der Waals surface area contributed by atoms with E-state index in [1.54, 1.807) is 24.3 Å². The molecule has 1 aromatic carbocycles. The number of nitriles is 2. The first-order valence-corrected chi connectivity index (χ1v) is 5.87. The summed E-state index contributed by atoms with van der Waals surface area (Å²) in [6, 6.07) is 8.36. The summed E-state index contributed by atoms with van der Waals surface area (Å²) >= 11 is 0. The molecule has 0 aliphatic carbocycles. The van der Waals surface area contributed by atoms with Crippen molar-refractivity contribution in [2.45, 2.75) is 17.9 Å². The average molecular weight is 253 g/mol. The largest absolute Gasteiger partial charge is 0.744 e. The molecular weight excluding hydrogens is 242 g/mol. The first-order valence-electron chi connectivity index (χ1n) is 4.46. The van der Waals surface area contributed by atoms with Crippen LogP contribution in [0.3, 0.4) is 0 Å². The zero-order valence-corrected chi connectivity index (χ0v) is 9.94. The standard InChI is InChI=1S/C7H8O3S.C3H3N3/c1-6-2-4-7(5-3-6)11(8,9)10;4-1-3(6)2-5/h2-5H,1H3,(H,8,9,10);3H,6H2. The fraction of sp³-hybridized carbons (Fsp3) is 0.200. The minimum atomic E-state index is -4.27. The quantitative estimate of drug-likeness (QED) is 0.676. The summed E-state index contributed by atoms with van der Waals surface area (Å²) in [5, 5.41) is 15.6. The summed E-state index contributed by atoms with van der Waals surface area (Å²) < 4.78 is 31.2. The van der Waals surface area contributed by atoms with Gasteiger partial charge in [-0.2, -0.15) is 10.5 Å². The van der Waals surface area contributed by atoms with E-state index in [4.69, 9.17) is 10.5 Å². The maximum atomic E-state index is 10.4. The SMILES string of the molecule is Cc1ccc(S(=O)(=O)[O-])cc1.N#CC([NH3+])C#N. The van der Waals surface area contributed by atoms with Crippen molar-refractivity contribution >= 4 is 10.1 Å². The molecule has 0 spiro atoms. The summed E-state index contributed by atoms with van der Waals surface area (Å²) in [6.07, 6.45) is 0. The van der Waals surface area contributed by atoms with Crippen LogP contribution in [0, 0.1) is 29.6 Å². The van der Waals surface area contributed by atoms with E-state index in [0.29, 0.717) is 0 Å². The molecule has 0 bridgehead atoms. The second-order valence-electron chi connectivity index (χ2n) is 3.08. The Bertz CT molecular complexity index is 524. The van der Waals surface area contributed by atoms with Crippen molar-refractivity contribution in [1.29, 1.82) is 10.5 Å². The zero-order chi connectivity index (χ0) is 13.5. The highest BCUT2D eigenvalue weighted by molar-refractivity contribution is 7.85. The number of nitrogens with zero attached hydrogens (tertiary/aromatic N) is 2. The van der Waals surface area contributed by atoms with Crippen LogP contribution in [0.5, 0.6) is 0 Å². The van der Waals surface area contributed by atoms with Gasteiger partial charge in [0.1, 0.15) is 22.3 Å². The first kappa shape index (κ1) is 15.1. The molecule has 6 nitrogen and oxygen atoms in total. The second-order valence-corrected chi connectivity index (χ2v) is 4.46. The van der Waals surface area contributed by atoms with Gasteiger partial charge in [-0.15, -0.1) is 0 Å². The van der Waals surface area contributed by atoms with Gasteiger partial charge in [0.15, 0.2) is 0 Å². The number of aryl methyl sites for hydroxylation is 1. The van der Waals surface area contributed by atoms with Crippen molar-refractivity contribution in [2.75, 3.05) is 0 Å². The summed E-state index contributed by atoms with van der Waals surface area (Å²) in [6.45, 7) is 1.82. The Morgan fingerprint density at radius 1 is 1.24 bits per heavy atom. The number of hydrogen-bond donors (Lipinski definition) is 1. The van der Waals surface area contributed by atoms with Gasteiger partial charge in [-0.3, -0.25) is 0 Å². The maximum Gasteiger partial charge on any atom is 0.258 e. The molecule has 7 heteroatoms. The lowest BCUT2D eigenvalue weighted by Gasteiger charge is -2.05. The molecule has 0 saturated carbocycles. The van der Waals surface area contributed by atoms with E-state index in [0.717, 1.165) is 5.56 Å². The highest BCUT2D eigenvalue weighted by Gasteiger charge is 1.97. The van der Waals surface area contributed by atoms with Gasteiger partial charge in [0.05, 0.1) is 4.90 Å². The number of benzene rings is 1. The van der Waals surface area contributed by atoms with Gasteiger partial charge in [0.2, 0.25) is 0 Å². The van der Waals surface area contributed by atoms with Crippen molar-refractivity contribution in [3.63, 3.8) is 0 Å². The van der Waals surface area contributed by atoms with Crippen molar-refractivity contribution < 1.29 is 18.7 Å². The molecule has 0 unspecified atom stereocenters. The predicted octanol–water partition coefficient (Wildman–Crippen LogP) is -0.457. The van der Waals surface area contributed by atoms with Crippen LogP contribution in [-0.4, -0.2) is 19.0 Å². The molecule has 1 aromatic rings. The van der Waals surface area contributed by atoms with Crippen LogP contribution in [0.1, 0.15) is 5.56 Å². The van der Waals surface area contributed by atoms with E-state index in [1.807, 2.05) is 6.92 Å². The van der Waals surface area contributed by atoms with Crippen molar-refractivity contribution in [3.05, 3.63) is 29.8 Å². The normalized spacial score (nSPS) is 9.76. The van der Waals surface area contributed by atoms with E-state index in [9.17, 15) is 13.0 Å². The van der Waals surface area contributed by atoms with Crippen molar-refractivity contribution in [2.24, 2.45) is 0 Å². The number of quaternary nitrogens is 1.